The Labute approximate surface area is 135 Å². The first-order valence-electron chi connectivity index (χ1n) is 7.49. The van der Waals surface area contributed by atoms with Crippen LogP contribution in [-0.4, -0.2) is 20.4 Å². The van der Waals surface area contributed by atoms with Crippen LogP contribution in [0.5, 0.6) is 0 Å². The second-order valence-corrected chi connectivity index (χ2v) is 5.36. The molecule has 0 fully saturated rings. The molecule has 1 amide bonds. The highest BCUT2D eigenvalue weighted by atomic mass is 16.1. The van der Waals surface area contributed by atoms with Crippen molar-refractivity contribution in [1.82, 2.24) is 19.9 Å². The molecule has 5 heteroatoms. The van der Waals surface area contributed by atoms with E-state index in [9.17, 15) is 4.79 Å². The van der Waals surface area contributed by atoms with Crippen molar-refractivity contribution in [2.75, 3.05) is 0 Å². The quantitative estimate of drug-likeness (QED) is 0.759. The van der Waals surface area contributed by atoms with E-state index in [0.29, 0.717) is 13.0 Å². The molecule has 2 aromatic heterocycles. The number of hydrogen-bond acceptors (Lipinski definition) is 3. The Bertz CT molecular complexity index is 736. The minimum absolute atomic E-state index is 0.0127. The molecule has 0 radical (unpaired) electrons. The van der Waals surface area contributed by atoms with Crippen LogP contribution < -0.4 is 5.32 Å². The van der Waals surface area contributed by atoms with E-state index in [4.69, 9.17) is 0 Å². The van der Waals surface area contributed by atoms with Crippen molar-refractivity contribution in [3.8, 4) is 0 Å². The number of nitrogens with zero attached hydrogens (tertiary/aromatic N) is 3. The van der Waals surface area contributed by atoms with Crippen LogP contribution in [0.1, 0.15) is 16.7 Å². The molecule has 0 aliphatic rings. The summed E-state index contributed by atoms with van der Waals surface area (Å²) in [4.78, 5) is 19.9. The normalized spacial score (nSPS) is 10.4. The summed E-state index contributed by atoms with van der Waals surface area (Å²) in [7, 11) is 0. The van der Waals surface area contributed by atoms with Crippen LogP contribution in [-0.2, 0) is 24.3 Å². The van der Waals surface area contributed by atoms with Crippen molar-refractivity contribution in [3.05, 3.63) is 84.2 Å². The lowest BCUT2D eigenvalue weighted by molar-refractivity contribution is -0.120. The van der Waals surface area contributed by atoms with Crippen molar-refractivity contribution in [2.45, 2.75) is 19.5 Å². The average Bonchev–Trinajstić information content (AvgIpc) is 3.08. The Morgan fingerprint density at radius 2 is 1.65 bits per heavy atom. The third-order valence-electron chi connectivity index (χ3n) is 3.55. The van der Waals surface area contributed by atoms with Gasteiger partial charge in [-0.05, 0) is 28.8 Å². The largest absolute Gasteiger partial charge is 0.352 e. The minimum atomic E-state index is 0.0127. The maximum absolute atomic E-state index is 11.9. The van der Waals surface area contributed by atoms with Gasteiger partial charge in [0.05, 0.1) is 12.7 Å². The minimum Gasteiger partial charge on any atom is -0.352 e. The smallest absolute Gasteiger partial charge is 0.224 e. The lowest BCUT2D eigenvalue weighted by atomic mass is 10.1. The van der Waals surface area contributed by atoms with Gasteiger partial charge in [0, 0.05) is 37.9 Å². The molecule has 3 rings (SSSR count). The highest BCUT2D eigenvalue weighted by Crippen LogP contribution is 2.06. The number of pyridine rings is 1. The number of aromatic nitrogens is 3. The molecule has 0 aliphatic heterocycles. The van der Waals surface area contributed by atoms with Gasteiger partial charge in [-0.2, -0.15) is 0 Å². The van der Waals surface area contributed by atoms with Gasteiger partial charge in [0.2, 0.25) is 5.91 Å². The number of carbonyl (C=O) groups excluding carboxylic acids is 1. The maximum atomic E-state index is 11.9. The molecule has 0 saturated heterocycles. The van der Waals surface area contributed by atoms with Gasteiger partial charge in [-0.3, -0.25) is 9.78 Å². The number of hydrogen-bond donors (Lipinski definition) is 1. The molecule has 1 aromatic carbocycles. The van der Waals surface area contributed by atoms with Gasteiger partial charge in [0.25, 0.3) is 0 Å². The predicted octanol–water partition coefficient (Wildman–Crippen LogP) is 2.19. The number of amides is 1. The molecule has 0 saturated carbocycles. The van der Waals surface area contributed by atoms with Crippen LogP contribution in [0.4, 0.5) is 0 Å². The lowest BCUT2D eigenvalue weighted by Crippen LogP contribution is -2.24. The van der Waals surface area contributed by atoms with Gasteiger partial charge in [0.15, 0.2) is 0 Å². The molecule has 0 aliphatic carbocycles. The fourth-order valence-corrected chi connectivity index (χ4v) is 2.30. The van der Waals surface area contributed by atoms with Gasteiger partial charge in [-0.25, -0.2) is 4.98 Å². The van der Waals surface area contributed by atoms with Gasteiger partial charge in [0.1, 0.15) is 0 Å². The molecule has 2 heterocycles. The van der Waals surface area contributed by atoms with Crippen LogP contribution in [0.25, 0.3) is 0 Å². The first-order chi connectivity index (χ1) is 11.3. The molecule has 3 aromatic rings. The Morgan fingerprint density at radius 3 is 2.35 bits per heavy atom. The highest BCUT2D eigenvalue weighted by molar-refractivity contribution is 5.78. The molecule has 0 bridgehead atoms. The first-order valence-corrected chi connectivity index (χ1v) is 7.49. The molecule has 23 heavy (non-hydrogen) atoms. The van der Waals surface area contributed by atoms with E-state index in [-0.39, 0.29) is 5.91 Å². The monoisotopic (exact) mass is 306 g/mol. The fourth-order valence-electron chi connectivity index (χ4n) is 2.30. The topological polar surface area (TPSA) is 59.8 Å². The number of nitrogens with one attached hydrogen (secondary N) is 1. The average molecular weight is 306 g/mol. The third kappa shape index (κ3) is 4.51. The molecule has 1 N–H and O–H groups in total. The zero-order valence-corrected chi connectivity index (χ0v) is 12.7. The highest BCUT2D eigenvalue weighted by Gasteiger charge is 2.03. The summed E-state index contributed by atoms with van der Waals surface area (Å²) < 4.78 is 2.02. The maximum Gasteiger partial charge on any atom is 0.224 e. The van der Waals surface area contributed by atoms with Crippen LogP contribution in [0.2, 0.25) is 0 Å². The van der Waals surface area contributed by atoms with E-state index >= 15 is 0 Å². The van der Waals surface area contributed by atoms with E-state index in [1.165, 1.54) is 5.56 Å². The van der Waals surface area contributed by atoms with Crippen LogP contribution >= 0.6 is 0 Å². The summed E-state index contributed by atoms with van der Waals surface area (Å²) in [6.45, 7) is 1.34. The Hall–Kier alpha value is -2.95. The zero-order chi connectivity index (χ0) is 15.9. The van der Waals surface area contributed by atoms with Gasteiger partial charge >= 0.3 is 0 Å². The third-order valence-corrected chi connectivity index (χ3v) is 3.55. The van der Waals surface area contributed by atoms with E-state index in [0.717, 1.165) is 17.7 Å². The lowest BCUT2D eigenvalue weighted by Gasteiger charge is -2.07. The Kier molecular flexibility index (Phi) is 4.79. The van der Waals surface area contributed by atoms with E-state index in [1.807, 2.05) is 35.0 Å². The molecule has 0 spiro atoms. The van der Waals surface area contributed by atoms with Crippen LogP contribution in [0.15, 0.2) is 67.5 Å². The van der Waals surface area contributed by atoms with Crippen LogP contribution in [0, 0.1) is 0 Å². The van der Waals surface area contributed by atoms with Gasteiger partial charge in [-0.1, -0.05) is 24.3 Å². The molecular weight excluding hydrogens is 288 g/mol. The molecule has 0 unspecified atom stereocenters. The summed E-state index contributed by atoms with van der Waals surface area (Å²) in [6, 6.07) is 11.9. The van der Waals surface area contributed by atoms with Crippen molar-refractivity contribution in [1.29, 1.82) is 0 Å². The van der Waals surface area contributed by atoms with Crippen molar-refractivity contribution < 1.29 is 4.79 Å². The summed E-state index contributed by atoms with van der Waals surface area (Å²) >= 11 is 0. The summed E-state index contributed by atoms with van der Waals surface area (Å²) in [5.74, 6) is 0.0127. The van der Waals surface area contributed by atoms with Gasteiger partial charge < -0.3 is 9.88 Å². The van der Waals surface area contributed by atoms with Crippen molar-refractivity contribution in [3.63, 3.8) is 0 Å². The predicted molar refractivity (Wildman–Crippen MR) is 87.6 cm³/mol. The summed E-state index contributed by atoms with van der Waals surface area (Å²) in [5, 5.41) is 2.94. The first kappa shape index (κ1) is 15.0. The van der Waals surface area contributed by atoms with Crippen molar-refractivity contribution >= 4 is 5.91 Å². The SMILES string of the molecule is O=C(Cc1ccncc1)NCc1ccc(Cn2ccnc2)cc1. The fraction of sp³-hybridized carbons (Fsp3) is 0.167. The second-order valence-electron chi connectivity index (χ2n) is 5.36. The molecular formula is C18H18N4O. The Balaban J connectivity index is 1.49. The molecule has 5 nitrogen and oxygen atoms in total. The second kappa shape index (κ2) is 7.35. The summed E-state index contributed by atoms with van der Waals surface area (Å²) in [6.07, 6.45) is 9.28. The number of benzene rings is 1. The van der Waals surface area contributed by atoms with Crippen LogP contribution in [0.3, 0.4) is 0 Å². The van der Waals surface area contributed by atoms with E-state index < -0.39 is 0 Å². The Morgan fingerprint density at radius 1 is 0.913 bits per heavy atom. The number of carbonyl (C=O) groups is 1. The van der Waals surface area contributed by atoms with Crippen molar-refractivity contribution in [2.24, 2.45) is 0 Å². The summed E-state index contributed by atoms with van der Waals surface area (Å²) in [5.41, 5.74) is 3.26. The molecule has 0 atom stereocenters. The standard InChI is InChI=1S/C18H18N4O/c23-18(11-15-5-7-19-8-6-15)21-12-16-1-3-17(4-2-16)13-22-10-9-20-14-22/h1-10,14H,11-13H2,(H,21,23). The number of imidazole rings is 1. The van der Waals surface area contributed by atoms with E-state index in [1.54, 1.807) is 24.9 Å². The van der Waals surface area contributed by atoms with Gasteiger partial charge in [-0.15, -0.1) is 0 Å². The zero-order valence-electron chi connectivity index (χ0n) is 12.7. The van der Waals surface area contributed by atoms with E-state index in [2.05, 4.69) is 27.4 Å². The molecule has 116 valence electrons. The number of rotatable bonds is 6.